The number of rotatable bonds is 2. The van der Waals surface area contributed by atoms with Crippen LogP contribution in [-0.2, 0) is 0 Å². The monoisotopic (exact) mass is 202 g/mol. The van der Waals surface area contributed by atoms with E-state index in [9.17, 15) is 0 Å². The molecule has 2 nitrogen and oxygen atoms in total. The maximum atomic E-state index is 5.40. The Morgan fingerprint density at radius 2 is 1.67 bits per heavy atom. The third-order valence-electron chi connectivity index (χ3n) is 2.58. The maximum absolute atomic E-state index is 5.40. The van der Waals surface area contributed by atoms with Crippen molar-refractivity contribution in [3.63, 3.8) is 0 Å². The zero-order valence-corrected chi connectivity index (χ0v) is 9.20. The van der Waals surface area contributed by atoms with Crippen molar-refractivity contribution in [2.45, 2.75) is 6.92 Å². The normalized spacial score (nSPS) is 10.3. The van der Waals surface area contributed by atoms with Gasteiger partial charge in [0.25, 0.3) is 0 Å². The molecule has 0 amide bonds. The van der Waals surface area contributed by atoms with Gasteiger partial charge < -0.3 is 9.47 Å². The third kappa shape index (κ3) is 1.63. The van der Waals surface area contributed by atoms with E-state index in [1.54, 1.807) is 14.2 Å². The van der Waals surface area contributed by atoms with Gasteiger partial charge in [-0.05, 0) is 30.0 Å². The van der Waals surface area contributed by atoms with Crippen LogP contribution < -0.4 is 9.47 Å². The minimum Gasteiger partial charge on any atom is -0.497 e. The van der Waals surface area contributed by atoms with Crippen LogP contribution in [0.25, 0.3) is 10.8 Å². The van der Waals surface area contributed by atoms with E-state index in [1.807, 2.05) is 25.1 Å². The van der Waals surface area contributed by atoms with Crippen molar-refractivity contribution < 1.29 is 9.47 Å². The Bertz CT molecular complexity index is 489. The summed E-state index contributed by atoms with van der Waals surface area (Å²) in [7, 11) is 3.37. The topological polar surface area (TPSA) is 18.5 Å². The Kier molecular flexibility index (Phi) is 2.50. The minimum atomic E-state index is 0.853. The second-order valence-electron chi connectivity index (χ2n) is 3.50. The van der Waals surface area contributed by atoms with Crippen LogP contribution in [0.15, 0.2) is 30.3 Å². The molecule has 0 bridgehead atoms. The van der Waals surface area contributed by atoms with E-state index < -0.39 is 0 Å². The molecule has 0 aliphatic carbocycles. The van der Waals surface area contributed by atoms with Gasteiger partial charge in [-0.15, -0.1) is 0 Å². The fraction of sp³-hybridized carbons (Fsp3) is 0.231. The summed E-state index contributed by atoms with van der Waals surface area (Å²) >= 11 is 0. The lowest BCUT2D eigenvalue weighted by Crippen LogP contribution is -1.90. The van der Waals surface area contributed by atoms with Gasteiger partial charge in [0.15, 0.2) is 0 Å². The number of aryl methyl sites for hydroxylation is 1. The van der Waals surface area contributed by atoms with Crippen LogP contribution in [-0.4, -0.2) is 14.2 Å². The predicted octanol–water partition coefficient (Wildman–Crippen LogP) is 3.17. The number of hydrogen-bond donors (Lipinski definition) is 0. The third-order valence-corrected chi connectivity index (χ3v) is 2.58. The Balaban J connectivity index is 2.76. The molecular formula is C13H14O2. The van der Waals surface area contributed by atoms with Crippen LogP contribution >= 0.6 is 0 Å². The van der Waals surface area contributed by atoms with Gasteiger partial charge in [-0.1, -0.05) is 18.2 Å². The molecular weight excluding hydrogens is 188 g/mol. The molecule has 0 N–H and O–H groups in total. The SMILES string of the molecule is COc1ccc2ccc(C)c(OC)c2c1. The molecule has 2 aromatic carbocycles. The van der Waals surface area contributed by atoms with Crippen molar-refractivity contribution in [1.29, 1.82) is 0 Å². The summed E-state index contributed by atoms with van der Waals surface area (Å²) in [5, 5.41) is 2.26. The Labute approximate surface area is 89.4 Å². The Morgan fingerprint density at radius 1 is 0.933 bits per heavy atom. The first kappa shape index (κ1) is 9.84. The first-order valence-electron chi connectivity index (χ1n) is 4.87. The van der Waals surface area contributed by atoms with Crippen molar-refractivity contribution >= 4 is 10.8 Å². The highest BCUT2D eigenvalue weighted by Crippen LogP contribution is 2.31. The summed E-state index contributed by atoms with van der Waals surface area (Å²) < 4.78 is 10.6. The number of fused-ring (bicyclic) bond motifs is 1. The van der Waals surface area contributed by atoms with E-state index in [-0.39, 0.29) is 0 Å². The summed E-state index contributed by atoms with van der Waals surface area (Å²) in [6.45, 7) is 2.04. The maximum Gasteiger partial charge on any atom is 0.129 e. The second-order valence-corrected chi connectivity index (χ2v) is 3.50. The second kappa shape index (κ2) is 3.81. The van der Waals surface area contributed by atoms with Crippen molar-refractivity contribution in [3.8, 4) is 11.5 Å². The molecule has 0 unspecified atom stereocenters. The summed E-state index contributed by atoms with van der Waals surface area (Å²) in [5.74, 6) is 1.78. The largest absolute Gasteiger partial charge is 0.497 e. The van der Waals surface area contributed by atoms with Crippen molar-refractivity contribution in [1.82, 2.24) is 0 Å². The van der Waals surface area contributed by atoms with E-state index in [1.165, 1.54) is 5.39 Å². The molecule has 0 saturated heterocycles. The lowest BCUT2D eigenvalue weighted by atomic mass is 10.1. The highest BCUT2D eigenvalue weighted by atomic mass is 16.5. The van der Waals surface area contributed by atoms with Crippen LogP contribution in [0.5, 0.6) is 11.5 Å². The molecule has 0 heterocycles. The van der Waals surface area contributed by atoms with Crippen LogP contribution in [0.4, 0.5) is 0 Å². The fourth-order valence-electron chi connectivity index (χ4n) is 1.78. The molecule has 0 aliphatic heterocycles. The van der Waals surface area contributed by atoms with E-state index in [2.05, 4.69) is 12.1 Å². The minimum absolute atomic E-state index is 0.853. The van der Waals surface area contributed by atoms with Crippen molar-refractivity contribution in [2.24, 2.45) is 0 Å². The van der Waals surface area contributed by atoms with E-state index >= 15 is 0 Å². The molecule has 2 rings (SSSR count). The van der Waals surface area contributed by atoms with Crippen molar-refractivity contribution in [2.75, 3.05) is 14.2 Å². The quantitative estimate of drug-likeness (QED) is 0.744. The summed E-state index contributed by atoms with van der Waals surface area (Å²) in [6.07, 6.45) is 0. The van der Waals surface area contributed by atoms with Gasteiger partial charge in [0.05, 0.1) is 14.2 Å². The van der Waals surface area contributed by atoms with Crippen LogP contribution in [0.2, 0.25) is 0 Å². The number of ether oxygens (including phenoxy) is 2. The zero-order valence-electron chi connectivity index (χ0n) is 9.20. The Morgan fingerprint density at radius 3 is 2.33 bits per heavy atom. The lowest BCUT2D eigenvalue weighted by molar-refractivity contribution is 0.411. The van der Waals surface area contributed by atoms with Gasteiger partial charge in [0.2, 0.25) is 0 Å². The molecule has 2 aromatic rings. The van der Waals surface area contributed by atoms with Gasteiger partial charge in [-0.25, -0.2) is 0 Å². The standard InChI is InChI=1S/C13H14O2/c1-9-4-5-10-6-7-11(14-2)8-12(10)13(9)15-3/h4-8H,1-3H3. The number of benzene rings is 2. The summed E-state index contributed by atoms with van der Waals surface area (Å²) in [4.78, 5) is 0. The first-order valence-corrected chi connectivity index (χ1v) is 4.87. The van der Waals surface area contributed by atoms with E-state index in [0.29, 0.717) is 0 Å². The fourth-order valence-corrected chi connectivity index (χ4v) is 1.78. The average Bonchev–Trinajstić information content (AvgIpc) is 2.28. The average molecular weight is 202 g/mol. The number of methoxy groups -OCH3 is 2. The highest BCUT2D eigenvalue weighted by molar-refractivity contribution is 5.90. The van der Waals surface area contributed by atoms with Crippen LogP contribution in [0, 0.1) is 6.92 Å². The molecule has 0 spiro atoms. The van der Waals surface area contributed by atoms with E-state index in [4.69, 9.17) is 9.47 Å². The molecule has 78 valence electrons. The molecule has 0 aliphatic rings. The zero-order chi connectivity index (χ0) is 10.8. The predicted molar refractivity (Wildman–Crippen MR) is 61.8 cm³/mol. The molecule has 2 heteroatoms. The lowest BCUT2D eigenvalue weighted by Gasteiger charge is -2.09. The van der Waals surface area contributed by atoms with E-state index in [0.717, 1.165) is 22.4 Å². The molecule has 0 aromatic heterocycles. The highest BCUT2D eigenvalue weighted by Gasteiger charge is 2.05. The molecule has 0 atom stereocenters. The molecule has 0 saturated carbocycles. The van der Waals surface area contributed by atoms with Gasteiger partial charge >= 0.3 is 0 Å². The molecule has 0 fully saturated rings. The van der Waals surface area contributed by atoms with Crippen molar-refractivity contribution in [3.05, 3.63) is 35.9 Å². The van der Waals surface area contributed by atoms with Crippen LogP contribution in [0.3, 0.4) is 0 Å². The molecule has 0 radical (unpaired) electrons. The number of hydrogen-bond acceptors (Lipinski definition) is 2. The smallest absolute Gasteiger partial charge is 0.129 e. The molecule has 15 heavy (non-hydrogen) atoms. The first-order chi connectivity index (χ1) is 7.26. The van der Waals surface area contributed by atoms with Crippen LogP contribution in [0.1, 0.15) is 5.56 Å². The van der Waals surface area contributed by atoms with Gasteiger partial charge in [0.1, 0.15) is 11.5 Å². The van der Waals surface area contributed by atoms with Gasteiger partial charge in [0, 0.05) is 5.39 Å². The Hall–Kier alpha value is -1.70. The van der Waals surface area contributed by atoms with Gasteiger partial charge in [-0.3, -0.25) is 0 Å². The van der Waals surface area contributed by atoms with Gasteiger partial charge in [-0.2, -0.15) is 0 Å². The summed E-state index contributed by atoms with van der Waals surface area (Å²) in [6, 6.07) is 10.1. The summed E-state index contributed by atoms with van der Waals surface area (Å²) in [5.41, 5.74) is 1.14.